The molecule has 5 aromatic rings. The van der Waals surface area contributed by atoms with Gasteiger partial charge in [-0.25, -0.2) is 0 Å². The molecule has 5 rings (SSSR count). The second kappa shape index (κ2) is 15.7. The van der Waals surface area contributed by atoms with E-state index in [1.54, 1.807) is 12.1 Å². The molecule has 0 fully saturated rings. The second-order valence-electron chi connectivity index (χ2n) is 12.5. The first-order valence-electron chi connectivity index (χ1n) is 17.0. The molecular formula is C40H48N2O2. The van der Waals surface area contributed by atoms with Gasteiger partial charge < -0.3 is 9.97 Å². The zero-order valence-corrected chi connectivity index (χ0v) is 26.6. The predicted octanol–water partition coefficient (Wildman–Crippen LogP) is 10.5. The van der Waals surface area contributed by atoms with Crippen molar-refractivity contribution in [2.24, 2.45) is 0 Å². The molecule has 4 nitrogen and oxygen atoms in total. The topological polar surface area (TPSA) is 65.7 Å². The summed E-state index contributed by atoms with van der Waals surface area (Å²) >= 11 is 0. The van der Waals surface area contributed by atoms with Gasteiger partial charge in [-0.1, -0.05) is 127 Å². The van der Waals surface area contributed by atoms with Crippen LogP contribution in [0.4, 0.5) is 0 Å². The molecule has 0 saturated heterocycles. The Kier molecular flexibility index (Phi) is 11.2. The number of unbranched alkanes of at least 4 members (excludes halogenated alkanes) is 10. The van der Waals surface area contributed by atoms with Gasteiger partial charge in [0, 0.05) is 34.3 Å². The van der Waals surface area contributed by atoms with E-state index in [0.29, 0.717) is 21.8 Å². The number of hydrogen-bond acceptors (Lipinski definition) is 2. The Hall–Kier alpha value is -3.92. The number of aromatic amines is 2. The molecule has 0 unspecified atom stereocenters. The average Bonchev–Trinajstić information content (AvgIpc) is 3.04. The quantitative estimate of drug-likeness (QED) is 0.0889. The van der Waals surface area contributed by atoms with E-state index in [1.807, 2.05) is 12.1 Å². The van der Waals surface area contributed by atoms with Gasteiger partial charge in [0.15, 0.2) is 10.9 Å². The summed E-state index contributed by atoms with van der Waals surface area (Å²) in [4.78, 5) is 33.4. The first-order chi connectivity index (χ1) is 21.6. The average molecular weight is 589 g/mol. The lowest BCUT2D eigenvalue weighted by atomic mass is 10.0. The third-order valence-electron chi connectivity index (χ3n) is 8.95. The Morgan fingerprint density at radius 3 is 1.20 bits per heavy atom. The maximum absolute atomic E-state index is 13.3. The first kappa shape index (κ1) is 31.5. The Labute approximate surface area is 262 Å². The van der Waals surface area contributed by atoms with E-state index in [9.17, 15) is 9.59 Å². The van der Waals surface area contributed by atoms with E-state index in [4.69, 9.17) is 0 Å². The monoisotopic (exact) mass is 588 g/mol. The standard InChI is InChI=1S/C40H48N2O2/c1-3-5-7-9-11-13-15-29-17-21-31(22-18-29)35-27-39(43)33-26-38-34(25-37(33)41-35)40(44)28-36(42-38)32-23-19-30(20-24-32)16-14-12-10-8-6-4-2/h17-28H,3-16H2,1-2H3,(H,41,43)(H,42,44). The van der Waals surface area contributed by atoms with Crippen molar-refractivity contribution in [1.29, 1.82) is 0 Å². The van der Waals surface area contributed by atoms with Crippen LogP contribution in [0.1, 0.15) is 102 Å². The molecular weight excluding hydrogens is 540 g/mol. The maximum atomic E-state index is 13.3. The molecule has 4 heteroatoms. The largest absolute Gasteiger partial charge is 0.354 e. The van der Waals surface area contributed by atoms with Gasteiger partial charge in [-0.05, 0) is 60.1 Å². The van der Waals surface area contributed by atoms with Gasteiger partial charge in [-0.15, -0.1) is 0 Å². The minimum atomic E-state index is -0.0582. The first-order valence-corrected chi connectivity index (χ1v) is 17.0. The third kappa shape index (κ3) is 8.16. The molecule has 2 heterocycles. The van der Waals surface area contributed by atoms with E-state index in [1.165, 1.54) is 88.2 Å². The molecule has 0 spiro atoms. The maximum Gasteiger partial charge on any atom is 0.190 e. The zero-order valence-electron chi connectivity index (χ0n) is 26.6. The fourth-order valence-electron chi connectivity index (χ4n) is 6.23. The lowest BCUT2D eigenvalue weighted by Gasteiger charge is -2.09. The smallest absolute Gasteiger partial charge is 0.190 e. The van der Waals surface area contributed by atoms with E-state index >= 15 is 0 Å². The van der Waals surface area contributed by atoms with Gasteiger partial charge in [0.1, 0.15) is 0 Å². The molecule has 0 saturated carbocycles. The number of aromatic nitrogens is 2. The Bertz CT molecular complexity index is 1630. The van der Waals surface area contributed by atoms with Crippen LogP contribution in [0.2, 0.25) is 0 Å². The summed E-state index contributed by atoms with van der Waals surface area (Å²) in [7, 11) is 0. The Morgan fingerprint density at radius 2 is 0.818 bits per heavy atom. The van der Waals surface area contributed by atoms with Gasteiger partial charge >= 0.3 is 0 Å². The summed E-state index contributed by atoms with van der Waals surface area (Å²) in [5, 5.41) is 1.14. The summed E-state index contributed by atoms with van der Waals surface area (Å²) < 4.78 is 0. The van der Waals surface area contributed by atoms with Gasteiger partial charge in [0.05, 0.1) is 11.0 Å². The summed E-state index contributed by atoms with van der Waals surface area (Å²) in [6.07, 6.45) is 17.7. The van der Waals surface area contributed by atoms with Crippen LogP contribution < -0.4 is 10.9 Å². The van der Waals surface area contributed by atoms with E-state index in [0.717, 1.165) is 35.4 Å². The highest BCUT2D eigenvalue weighted by Crippen LogP contribution is 2.25. The normalized spacial score (nSPS) is 11.5. The molecule has 2 N–H and O–H groups in total. The van der Waals surface area contributed by atoms with E-state index in [2.05, 4.69) is 72.3 Å². The molecule has 44 heavy (non-hydrogen) atoms. The number of benzene rings is 3. The van der Waals surface area contributed by atoms with Crippen LogP contribution in [0, 0.1) is 0 Å². The molecule has 0 aliphatic carbocycles. The van der Waals surface area contributed by atoms with Crippen LogP contribution in [0.5, 0.6) is 0 Å². The van der Waals surface area contributed by atoms with Crippen LogP contribution in [-0.4, -0.2) is 9.97 Å². The van der Waals surface area contributed by atoms with Gasteiger partial charge in [0.25, 0.3) is 0 Å². The van der Waals surface area contributed by atoms with Crippen molar-refractivity contribution >= 4 is 21.8 Å². The number of fused-ring (bicyclic) bond motifs is 2. The second-order valence-corrected chi connectivity index (χ2v) is 12.5. The van der Waals surface area contributed by atoms with Crippen molar-refractivity contribution in [2.75, 3.05) is 0 Å². The highest BCUT2D eigenvalue weighted by Gasteiger charge is 2.11. The highest BCUT2D eigenvalue weighted by molar-refractivity contribution is 5.96. The Morgan fingerprint density at radius 1 is 0.455 bits per heavy atom. The number of pyridine rings is 2. The van der Waals surface area contributed by atoms with E-state index in [-0.39, 0.29) is 10.9 Å². The Balaban J connectivity index is 1.30. The predicted molar refractivity (Wildman–Crippen MR) is 188 cm³/mol. The van der Waals surface area contributed by atoms with Crippen molar-refractivity contribution in [3.05, 3.63) is 104 Å². The minimum Gasteiger partial charge on any atom is -0.354 e. The highest BCUT2D eigenvalue weighted by atomic mass is 16.1. The van der Waals surface area contributed by atoms with Crippen LogP contribution in [0.25, 0.3) is 44.3 Å². The van der Waals surface area contributed by atoms with Gasteiger partial charge in [-0.2, -0.15) is 0 Å². The van der Waals surface area contributed by atoms with E-state index < -0.39 is 0 Å². The summed E-state index contributed by atoms with van der Waals surface area (Å²) in [5.74, 6) is 0. The van der Waals surface area contributed by atoms with Crippen molar-refractivity contribution < 1.29 is 0 Å². The summed E-state index contributed by atoms with van der Waals surface area (Å²) in [5.41, 5.74) is 7.36. The number of rotatable bonds is 16. The van der Waals surface area contributed by atoms with Crippen LogP contribution in [0.3, 0.4) is 0 Å². The molecule has 2 aromatic heterocycles. The zero-order chi connectivity index (χ0) is 30.7. The van der Waals surface area contributed by atoms with Crippen LogP contribution >= 0.6 is 0 Å². The summed E-state index contributed by atoms with van der Waals surface area (Å²) in [6.45, 7) is 4.50. The molecule has 230 valence electrons. The van der Waals surface area contributed by atoms with Crippen molar-refractivity contribution in [3.8, 4) is 22.5 Å². The van der Waals surface area contributed by atoms with Crippen LogP contribution in [0.15, 0.2) is 82.4 Å². The van der Waals surface area contributed by atoms with Gasteiger partial charge in [-0.3, -0.25) is 9.59 Å². The van der Waals surface area contributed by atoms with Crippen LogP contribution in [-0.2, 0) is 12.8 Å². The lowest BCUT2D eigenvalue weighted by Crippen LogP contribution is -2.07. The van der Waals surface area contributed by atoms with Gasteiger partial charge in [0.2, 0.25) is 0 Å². The van der Waals surface area contributed by atoms with Crippen molar-refractivity contribution in [3.63, 3.8) is 0 Å². The van der Waals surface area contributed by atoms with Crippen molar-refractivity contribution in [2.45, 2.75) is 104 Å². The number of H-pyrrole nitrogens is 2. The molecule has 3 aromatic carbocycles. The number of nitrogens with one attached hydrogen (secondary N) is 2. The van der Waals surface area contributed by atoms with Crippen molar-refractivity contribution in [1.82, 2.24) is 9.97 Å². The molecule has 0 aliphatic rings. The molecule has 0 aliphatic heterocycles. The molecule has 0 radical (unpaired) electrons. The molecule has 0 atom stereocenters. The SMILES string of the molecule is CCCCCCCCc1ccc(-c2cc(=O)c3cc4[nH]c(-c5ccc(CCCCCCCC)cc5)cc(=O)c4cc3[nH]2)cc1. The fourth-order valence-corrected chi connectivity index (χ4v) is 6.23. The fraction of sp³-hybridized carbons (Fsp3) is 0.400. The lowest BCUT2D eigenvalue weighted by molar-refractivity contribution is 0.607. The number of hydrogen-bond donors (Lipinski definition) is 2. The number of aryl methyl sites for hydroxylation is 2. The summed E-state index contributed by atoms with van der Waals surface area (Å²) in [6, 6.07) is 24.0. The molecule has 0 amide bonds. The molecule has 0 bridgehead atoms. The minimum absolute atomic E-state index is 0.0582. The third-order valence-corrected chi connectivity index (χ3v) is 8.95.